The molecule has 1 atom stereocenters. The molecule has 0 spiro atoms. The van der Waals surface area contributed by atoms with Crippen molar-refractivity contribution >= 4 is 11.6 Å². The summed E-state index contributed by atoms with van der Waals surface area (Å²) in [4.78, 5) is 17.3. The first-order valence-corrected chi connectivity index (χ1v) is 9.88. The van der Waals surface area contributed by atoms with Crippen LogP contribution in [0.3, 0.4) is 0 Å². The van der Waals surface area contributed by atoms with E-state index in [-0.39, 0.29) is 11.9 Å². The van der Waals surface area contributed by atoms with Crippen LogP contribution in [0.15, 0.2) is 54.6 Å². The third-order valence-corrected chi connectivity index (χ3v) is 5.44. The number of methoxy groups -OCH3 is 1. The predicted molar refractivity (Wildman–Crippen MR) is 114 cm³/mol. The van der Waals surface area contributed by atoms with Gasteiger partial charge in [0.05, 0.1) is 12.8 Å². The van der Waals surface area contributed by atoms with Gasteiger partial charge in [0.25, 0.3) is 5.91 Å². The Morgan fingerprint density at radius 3 is 2.72 bits per heavy atom. The van der Waals surface area contributed by atoms with Crippen LogP contribution in [0.2, 0.25) is 0 Å². The number of aryl methyl sites for hydroxylation is 1. The second-order valence-electron chi connectivity index (χ2n) is 7.50. The van der Waals surface area contributed by atoms with E-state index >= 15 is 0 Å². The van der Waals surface area contributed by atoms with E-state index in [9.17, 15) is 4.79 Å². The number of piperazine rings is 1. The van der Waals surface area contributed by atoms with E-state index < -0.39 is 0 Å². The molecule has 1 aromatic heterocycles. The normalized spacial score (nSPS) is 16.7. The zero-order chi connectivity index (χ0) is 20.4. The Morgan fingerprint density at radius 1 is 1.14 bits per heavy atom. The van der Waals surface area contributed by atoms with Gasteiger partial charge in [0.2, 0.25) is 0 Å². The van der Waals surface area contributed by atoms with Crippen LogP contribution in [0, 0.1) is 6.92 Å². The highest BCUT2D eigenvalue weighted by molar-refractivity contribution is 5.93. The van der Waals surface area contributed by atoms with Gasteiger partial charge in [-0.25, -0.2) is 0 Å². The van der Waals surface area contributed by atoms with Crippen molar-refractivity contribution in [2.24, 2.45) is 0 Å². The molecule has 0 bridgehead atoms. The SMILES string of the molecule is COc1ccccc1-c1cc(C(=O)N2CCN(c3cccc(C)c3)C(C)C2)[nH]n1. The van der Waals surface area contributed by atoms with Crippen LogP contribution in [0.1, 0.15) is 23.0 Å². The van der Waals surface area contributed by atoms with Crippen molar-refractivity contribution in [3.8, 4) is 17.0 Å². The Hall–Kier alpha value is -3.28. The predicted octanol–water partition coefficient (Wildman–Crippen LogP) is 3.74. The van der Waals surface area contributed by atoms with Gasteiger partial charge in [-0.05, 0) is 49.7 Å². The van der Waals surface area contributed by atoms with Crippen molar-refractivity contribution in [3.63, 3.8) is 0 Å². The summed E-state index contributed by atoms with van der Waals surface area (Å²) in [7, 11) is 1.63. The minimum atomic E-state index is -0.0191. The molecule has 6 nitrogen and oxygen atoms in total. The third-order valence-electron chi connectivity index (χ3n) is 5.44. The first-order valence-electron chi connectivity index (χ1n) is 9.88. The molecule has 1 aliphatic heterocycles. The zero-order valence-corrected chi connectivity index (χ0v) is 17.1. The van der Waals surface area contributed by atoms with Gasteiger partial charge in [-0.1, -0.05) is 24.3 Å². The minimum Gasteiger partial charge on any atom is -0.496 e. The number of carbonyl (C=O) groups is 1. The summed E-state index contributed by atoms with van der Waals surface area (Å²) in [6.07, 6.45) is 0. The maximum absolute atomic E-state index is 13.0. The molecule has 1 unspecified atom stereocenters. The van der Waals surface area contributed by atoms with Gasteiger partial charge < -0.3 is 14.5 Å². The molecule has 29 heavy (non-hydrogen) atoms. The maximum atomic E-state index is 13.0. The number of ether oxygens (including phenoxy) is 1. The minimum absolute atomic E-state index is 0.0191. The maximum Gasteiger partial charge on any atom is 0.272 e. The van der Waals surface area contributed by atoms with Gasteiger partial charge in [-0.15, -0.1) is 0 Å². The molecule has 2 heterocycles. The average molecular weight is 390 g/mol. The van der Waals surface area contributed by atoms with Crippen LogP contribution in [0.5, 0.6) is 5.75 Å². The van der Waals surface area contributed by atoms with E-state index in [4.69, 9.17) is 4.74 Å². The third kappa shape index (κ3) is 3.83. The van der Waals surface area contributed by atoms with Gasteiger partial charge >= 0.3 is 0 Å². The summed E-state index contributed by atoms with van der Waals surface area (Å²) in [5, 5.41) is 7.25. The fourth-order valence-corrected chi connectivity index (χ4v) is 3.93. The first-order chi connectivity index (χ1) is 14.1. The summed E-state index contributed by atoms with van der Waals surface area (Å²) in [6, 6.07) is 18.2. The van der Waals surface area contributed by atoms with Crippen LogP contribution < -0.4 is 9.64 Å². The summed E-state index contributed by atoms with van der Waals surface area (Å²) in [5.41, 5.74) is 4.53. The van der Waals surface area contributed by atoms with Gasteiger partial charge in [0.15, 0.2) is 0 Å². The molecule has 0 aliphatic carbocycles. The molecule has 1 N–H and O–H groups in total. The van der Waals surface area contributed by atoms with Crippen LogP contribution in [-0.2, 0) is 0 Å². The Morgan fingerprint density at radius 2 is 1.97 bits per heavy atom. The van der Waals surface area contributed by atoms with Gasteiger partial charge in [-0.3, -0.25) is 9.89 Å². The highest BCUT2D eigenvalue weighted by atomic mass is 16.5. The highest BCUT2D eigenvalue weighted by Gasteiger charge is 2.28. The van der Waals surface area contributed by atoms with Crippen LogP contribution >= 0.6 is 0 Å². The molecule has 150 valence electrons. The van der Waals surface area contributed by atoms with E-state index in [1.165, 1.54) is 11.3 Å². The van der Waals surface area contributed by atoms with Crippen molar-refractivity contribution in [3.05, 3.63) is 65.9 Å². The van der Waals surface area contributed by atoms with E-state index in [2.05, 4.69) is 53.2 Å². The second kappa shape index (κ2) is 7.99. The number of para-hydroxylation sites is 1. The van der Waals surface area contributed by atoms with Crippen molar-refractivity contribution in [2.45, 2.75) is 19.9 Å². The summed E-state index contributed by atoms with van der Waals surface area (Å²) in [6.45, 7) is 6.43. The lowest BCUT2D eigenvalue weighted by atomic mass is 10.1. The number of amides is 1. The van der Waals surface area contributed by atoms with Gasteiger partial charge in [-0.2, -0.15) is 5.10 Å². The van der Waals surface area contributed by atoms with Gasteiger partial charge in [0.1, 0.15) is 11.4 Å². The molecule has 0 saturated carbocycles. The number of hydrogen-bond acceptors (Lipinski definition) is 4. The summed E-state index contributed by atoms with van der Waals surface area (Å²) < 4.78 is 5.41. The molecule has 6 heteroatoms. The number of rotatable bonds is 4. The van der Waals surface area contributed by atoms with Crippen LogP contribution in [0.25, 0.3) is 11.3 Å². The quantitative estimate of drug-likeness (QED) is 0.737. The number of nitrogens with one attached hydrogen (secondary N) is 1. The van der Waals surface area contributed by atoms with Crippen LogP contribution in [0.4, 0.5) is 5.69 Å². The lowest BCUT2D eigenvalue weighted by Crippen LogP contribution is -2.53. The number of H-pyrrole nitrogens is 1. The number of hydrogen-bond donors (Lipinski definition) is 1. The Kier molecular flexibility index (Phi) is 5.25. The zero-order valence-electron chi connectivity index (χ0n) is 17.1. The van der Waals surface area contributed by atoms with Crippen molar-refractivity contribution in [2.75, 3.05) is 31.6 Å². The Labute approximate surface area is 171 Å². The average Bonchev–Trinajstić information content (AvgIpc) is 3.23. The molecular weight excluding hydrogens is 364 g/mol. The second-order valence-corrected chi connectivity index (χ2v) is 7.50. The molecule has 4 rings (SSSR count). The van der Waals surface area contributed by atoms with Crippen LogP contribution in [-0.4, -0.2) is 53.8 Å². The molecule has 2 aromatic carbocycles. The van der Waals surface area contributed by atoms with E-state index in [1.807, 2.05) is 29.2 Å². The number of aromatic nitrogens is 2. The lowest BCUT2D eigenvalue weighted by Gasteiger charge is -2.41. The largest absolute Gasteiger partial charge is 0.496 e. The molecule has 1 amide bonds. The van der Waals surface area contributed by atoms with E-state index in [1.54, 1.807) is 13.2 Å². The van der Waals surface area contributed by atoms with Crippen molar-refractivity contribution < 1.29 is 9.53 Å². The van der Waals surface area contributed by atoms with Crippen molar-refractivity contribution in [1.29, 1.82) is 0 Å². The molecule has 1 fully saturated rings. The summed E-state index contributed by atoms with van der Waals surface area (Å²) in [5.74, 6) is 0.716. The number of carbonyl (C=O) groups excluding carboxylic acids is 1. The molecule has 0 radical (unpaired) electrons. The first kappa shape index (κ1) is 19.1. The highest BCUT2D eigenvalue weighted by Crippen LogP contribution is 2.29. The molecule has 3 aromatic rings. The van der Waals surface area contributed by atoms with E-state index in [0.29, 0.717) is 24.5 Å². The number of aromatic amines is 1. The number of benzene rings is 2. The fraction of sp³-hybridized carbons (Fsp3) is 0.304. The van der Waals surface area contributed by atoms with E-state index in [0.717, 1.165) is 17.9 Å². The Bertz CT molecular complexity index is 1010. The standard InChI is InChI=1S/C23H26N4O2/c1-16-7-6-8-18(13-16)27-12-11-26(15-17(27)2)23(28)21-14-20(24-25-21)19-9-4-5-10-22(19)29-3/h4-10,13-14,17H,11-12,15H2,1-3H3,(H,24,25). The monoisotopic (exact) mass is 390 g/mol. The molecule has 1 saturated heterocycles. The lowest BCUT2D eigenvalue weighted by molar-refractivity contribution is 0.0720. The molecule has 1 aliphatic rings. The summed E-state index contributed by atoms with van der Waals surface area (Å²) >= 11 is 0. The van der Waals surface area contributed by atoms with Gasteiger partial charge in [0, 0.05) is 36.9 Å². The smallest absolute Gasteiger partial charge is 0.272 e. The van der Waals surface area contributed by atoms with Crippen molar-refractivity contribution in [1.82, 2.24) is 15.1 Å². The number of nitrogens with zero attached hydrogens (tertiary/aromatic N) is 3. The number of anilines is 1. The molecular formula is C23H26N4O2. The fourth-order valence-electron chi connectivity index (χ4n) is 3.93. The Balaban J connectivity index is 1.48. The topological polar surface area (TPSA) is 61.5 Å².